The highest BCUT2D eigenvalue weighted by molar-refractivity contribution is 5.75. The molecule has 0 aromatic rings. The normalized spacial score (nSPS) is 12.1. The second-order valence-electron chi connectivity index (χ2n) is 3.96. The van der Waals surface area contributed by atoms with Gasteiger partial charge in [0.1, 0.15) is 5.78 Å². The van der Waals surface area contributed by atoms with Gasteiger partial charge in [0.05, 0.1) is 0 Å². The fourth-order valence-corrected chi connectivity index (χ4v) is 1.37. The monoisotopic (exact) mass is 220 g/mol. The highest BCUT2D eigenvalue weighted by atomic mass is 16.1. The number of carbonyl (C=O) groups excluding carboxylic acids is 1. The number of rotatable bonds is 9. The van der Waals surface area contributed by atoms with Gasteiger partial charge >= 0.3 is 0 Å². The van der Waals surface area contributed by atoms with Crippen LogP contribution in [0.5, 0.6) is 0 Å². The molecule has 0 saturated heterocycles. The molecule has 0 rings (SSSR count). The molecule has 0 heterocycles. The van der Waals surface area contributed by atoms with Gasteiger partial charge in [-0.1, -0.05) is 42.9 Å². The molecule has 0 bridgehead atoms. The minimum Gasteiger partial charge on any atom is -0.300 e. The van der Waals surface area contributed by atoms with E-state index in [0.29, 0.717) is 5.78 Å². The Morgan fingerprint density at radius 3 is 2.50 bits per heavy atom. The Morgan fingerprint density at radius 1 is 1.00 bits per heavy atom. The molecular weight excluding hydrogens is 196 g/mol. The van der Waals surface area contributed by atoms with Crippen molar-refractivity contribution in [3.8, 4) is 0 Å². The smallest absolute Gasteiger partial charge is 0.129 e. The van der Waals surface area contributed by atoms with Crippen molar-refractivity contribution in [3.63, 3.8) is 0 Å². The van der Waals surface area contributed by atoms with E-state index >= 15 is 0 Å². The molecule has 90 valence electrons. The van der Waals surface area contributed by atoms with Crippen molar-refractivity contribution in [2.24, 2.45) is 0 Å². The number of unbranched alkanes of at least 4 members (excludes halogenated alkanes) is 3. The zero-order valence-corrected chi connectivity index (χ0v) is 10.6. The Kier molecular flexibility index (Phi) is 11.1. The van der Waals surface area contributed by atoms with Gasteiger partial charge in [0, 0.05) is 6.42 Å². The van der Waals surface area contributed by atoms with E-state index in [1.54, 1.807) is 6.92 Å². The Hall–Kier alpha value is -1.11. The molecule has 0 saturated carbocycles. The van der Waals surface area contributed by atoms with Crippen LogP contribution in [0.1, 0.15) is 52.4 Å². The fraction of sp³-hybridized carbons (Fsp3) is 0.533. The van der Waals surface area contributed by atoms with Crippen molar-refractivity contribution < 1.29 is 4.79 Å². The van der Waals surface area contributed by atoms with Crippen LogP contribution in [0, 0.1) is 0 Å². The van der Waals surface area contributed by atoms with Crippen LogP contribution < -0.4 is 0 Å². The lowest BCUT2D eigenvalue weighted by atomic mass is 10.1. The molecule has 0 fully saturated rings. The lowest BCUT2D eigenvalue weighted by Crippen LogP contribution is -1.88. The van der Waals surface area contributed by atoms with Gasteiger partial charge in [-0.05, 0) is 39.5 Å². The van der Waals surface area contributed by atoms with Gasteiger partial charge in [-0.15, -0.1) is 0 Å². The summed E-state index contributed by atoms with van der Waals surface area (Å²) in [6.07, 6.45) is 19.0. The summed E-state index contributed by atoms with van der Waals surface area (Å²) >= 11 is 0. The van der Waals surface area contributed by atoms with Crippen molar-refractivity contribution >= 4 is 5.78 Å². The molecule has 16 heavy (non-hydrogen) atoms. The molecule has 1 nitrogen and oxygen atoms in total. The second-order valence-corrected chi connectivity index (χ2v) is 3.96. The Bertz CT molecular complexity index is 246. The number of hydrogen-bond donors (Lipinski definition) is 0. The summed E-state index contributed by atoms with van der Waals surface area (Å²) in [5, 5.41) is 0. The van der Waals surface area contributed by atoms with Gasteiger partial charge in [0.2, 0.25) is 0 Å². The summed E-state index contributed by atoms with van der Waals surface area (Å²) < 4.78 is 0. The molecule has 0 unspecified atom stereocenters. The van der Waals surface area contributed by atoms with Crippen molar-refractivity contribution in [1.29, 1.82) is 0 Å². The van der Waals surface area contributed by atoms with Crippen molar-refractivity contribution in [3.05, 3.63) is 36.5 Å². The first-order chi connectivity index (χ1) is 7.77. The van der Waals surface area contributed by atoms with Crippen LogP contribution in [-0.4, -0.2) is 5.78 Å². The van der Waals surface area contributed by atoms with Gasteiger partial charge in [0.15, 0.2) is 0 Å². The summed E-state index contributed by atoms with van der Waals surface area (Å²) in [4.78, 5) is 10.7. The van der Waals surface area contributed by atoms with E-state index in [2.05, 4.69) is 24.3 Å². The lowest BCUT2D eigenvalue weighted by molar-refractivity contribution is -0.117. The van der Waals surface area contributed by atoms with E-state index in [-0.39, 0.29) is 0 Å². The van der Waals surface area contributed by atoms with E-state index in [1.807, 2.05) is 19.1 Å². The Balaban J connectivity index is 3.24. The average molecular weight is 220 g/mol. The fourth-order valence-electron chi connectivity index (χ4n) is 1.37. The third kappa shape index (κ3) is 12.9. The second kappa shape index (κ2) is 12.0. The number of allylic oxidation sites excluding steroid dienone is 6. The van der Waals surface area contributed by atoms with Crippen LogP contribution in [0.2, 0.25) is 0 Å². The minimum absolute atomic E-state index is 0.310. The number of carbonyl (C=O) groups is 1. The van der Waals surface area contributed by atoms with Crippen LogP contribution >= 0.6 is 0 Å². The van der Waals surface area contributed by atoms with Gasteiger partial charge < -0.3 is 4.79 Å². The maximum atomic E-state index is 10.7. The van der Waals surface area contributed by atoms with Crippen molar-refractivity contribution in [2.75, 3.05) is 0 Å². The third-order valence-corrected chi connectivity index (χ3v) is 2.28. The van der Waals surface area contributed by atoms with Crippen molar-refractivity contribution in [1.82, 2.24) is 0 Å². The largest absolute Gasteiger partial charge is 0.300 e. The van der Waals surface area contributed by atoms with Crippen LogP contribution in [0.25, 0.3) is 0 Å². The van der Waals surface area contributed by atoms with Crippen LogP contribution in [-0.2, 0) is 4.79 Å². The molecular formula is C15H24O. The van der Waals surface area contributed by atoms with E-state index < -0.39 is 0 Å². The summed E-state index contributed by atoms with van der Waals surface area (Å²) in [5.41, 5.74) is 0. The number of ketones is 1. The summed E-state index contributed by atoms with van der Waals surface area (Å²) in [6, 6.07) is 0. The number of Topliss-reactive ketones (excluding diaryl/α,β-unsaturated/α-hetero) is 1. The molecule has 1 heteroatoms. The van der Waals surface area contributed by atoms with Gasteiger partial charge in [0.25, 0.3) is 0 Å². The van der Waals surface area contributed by atoms with Gasteiger partial charge in [-0.2, -0.15) is 0 Å². The van der Waals surface area contributed by atoms with Crippen LogP contribution in [0.15, 0.2) is 36.5 Å². The highest BCUT2D eigenvalue weighted by Crippen LogP contribution is 2.04. The molecule has 0 aliphatic heterocycles. The molecule has 0 atom stereocenters. The predicted molar refractivity (Wildman–Crippen MR) is 71.5 cm³/mol. The maximum Gasteiger partial charge on any atom is 0.129 e. The molecule has 0 radical (unpaired) electrons. The van der Waals surface area contributed by atoms with Crippen molar-refractivity contribution in [2.45, 2.75) is 52.4 Å². The molecule has 0 aromatic heterocycles. The summed E-state index contributed by atoms with van der Waals surface area (Å²) in [6.45, 7) is 3.68. The molecule has 0 aromatic carbocycles. The summed E-state index contributed by atoms with van der Waals surface area (Å²) in [5.74, 6) is 0.310. The first-order valence-corrected chi connectivity index (χ1v) is 6.19. The van der Waals surface area contributed by atoms with Crippen LogP contribution in [0.3, 0.4) is 0 Å². The predicted octanol–water partition coefficient (Wildman–Crippen LogP) is 4.60. The maximum absolute atomic E-state index is 10.7. The lowest BCUT2D eigenvalue weighted by Gasteiger charge is -1.95. The standard InChI is InChI=1S/C15H24O/c1-3-4-5-6-7-8-9-10-11-12-13-14-15(2)16/h3-6,8-9H,7,10-14H2,1-2H3/b4-3-,6-5+,9-8-. The Morgan fingerprint density at radius 2 is 1.81 bits per heavy atom. The van der Waals surface area contributed by atoms with E-state index in [1.165, 1.54) is 12.8 Å². The molecule has 0 aliphatic rings. The van der Waals surface area contributed by atoms with E-state index in [0.717, 1.165) is 25.7 Å². The first-order valence-electron chi connectivity index (χ1n) is 6.19. The molecule has 0 aliphatic carbocycles. The van der Waals surface area contributed by atoms with Gasteiger partial charge in [-0.25, -0.2) is 0 Å². The SMILES string of the molecule is C/C=C\C=C\C/C=C\CCCCCC(C)=O. The zero-order chi connectivity index (χ0) is 12.1. The zero-order valence-electron chi connectivity index (χ0n) is 10.6. The topological polar surface area (TPSA) is 17.1 Å². The third-order valence-electron chi connectivity index (χ3n) is 2.28. The molecule has 0 spiro atoms. The minimum atomic E-state index is 0.310. The molecule has 0 N–H and O–H groups in total. The number of hydrogen-bond acceptors (Lipinski definition) is 1. The van der Waals surface area contributed by atoms with E-state index in [9.17, 15) is 4.79 Å². The average Bonchev–Trinajstić information content (AvgIpc) is 2.25. The molecule has 0 amide bonds. The Labute approximate surface area is 99.9 Å². The summed E-state index contributed by atoms with van der Waals surface area (Å²) in [7, 11) is 0. The van der Waals surface area contributed by atoms with Crippen LogP contribution in [0.4, 0.5) is 0 Å². The quantitative estimate of drug-likeness (QED) is 0.315. The first kappa shape index (κ1) is 14.9. The highest BCUT2D eigenvalue weighted by Gasteiger charge is 1.92. The van der Waals surface area contributed by atoms with Gasteiger partial charge in [-0.3, -0.25) is 0 Å². The van der Waals surface area contributed by atoms with E-state index in [4.69, 9.17) is 0 Å².